The molecule has 1 fully saturated rings. The van der Waals surface area contributed by atoms with E-state index in [2.05, 4.69) is 5.32 Å². The van der Waals surface area contributed by atoms with Crippen LogP contribution in [-0.4, -0.2) is 49.2 Å². The minimum Gasteiger partial charge on any atom is -0.338 e. The van der Waals surface area contributed by atoms with Gasteiger partial charge in [0, 0.05) is 18.3 Å². The third-order valence-corrected chi connectivity index (χ3v) is 5.48. The molecule has 0 radical (unpaired) electrons. The predicted octanol–water partition coefficient (Wildman–Crippen LogP) is 1.19. The molecule has 1 saturated heterocycles. The van der Waals surface area contributed by atoms with Crippen molar-refractivity contribution in [3.05, 3.63) is 30.1 Å². The van der Waals surface area contributed by atoms with E-state index in [1.165, 1.54) is 23.1 Å². The number of carbonyl (C=O) groups excluding carboxylic acids is 2. The number of carbonyl (C=O) groups is 2. The first kappa shape index (κ1) is 17.4. The molecule has 8 heteroatoms. The van der Waals surface area contributed by atoms with Crippen LogP contribution < -0.4 is 5.32 Å². The van der Waals surface area contributed by atoms with Crippen LogP contribution in [0.15, 0.2) is 24.3 Å². The highest BCUT2D eigenvalue weighted by molar-refractivity contribution is 7.91. The lowest BCUT2D eigenvalue weighted by atomic mass is 10.2. The Hall–Kier alpha value is -1.96. The Morgan fingerprint density at radius 2 is 2.13 bits per heavy atom. The fraction of sp³-hybridized carbons (Fsp3) is 0.467. The first-order valence-electron chi connectivity index (χ1n) is 7.36. The molecule has 1 heterocycles. The number of anilines is 1. The Balaban J connectivity index is 1.95. The Morgan fingerprint density at radius 3 is 2.70 bits per heavy atom. The lowest BCUT2D eigenvalue weighted by Crippen LogP contribution is -2.42. The third kappa shape index (κ3) is 4.75. The van der Waals surface area contributed by atoms with Gasteiger partial charge in [0.25, 0.3) is 0 Å². The molecule has 1 atom stereocenters. The van der Waals surface area contributed by atoms with Crippen LogP contribution in [0, 0.1) is 5.82 Å². The molecule has 1 unspecified atom stereocenters. The molecule has 0 spiro atoms. The van der Waals surface area contributed by atoms with Crippen LogP contribution >= 0.6 is 0 Å². The number of hydrogen-bond donors (Lipinski definition) is 1. The van der Waals surface area contributed by atoms with Gasteiger partial charge in [-0.1, -0.05) is 6.07 Å². The van der Waals surface area contributed by atoms with Crippen molar-refractivity contribution < 1.29 is 22.4 Å². The SMILES string of the molecule is CCN(C(=O)CC(=O)Nc1cccc(F)c1)C1CCS(=O)(=O)C1. The maximum atomic E-state index is 13.1. The molecule has 2 rings (SSSR count). The quantitative estimate of drug-likeness (QED) is 0.815. The van der Waals surface area contributed by atoms with Gasteiger partial charge < -0.3 is 10.2 Å². The first-order valence-corrected chi connectivity index (χ1v) is 9.18. The second-order valence-electron chi connectivity index (χ2n) is 5.47. The van der Waals surface area contributed by atoms with E-state index in [9.17, 15) is 22.4 Å². The van der Waals surface area contributed by atoms with E-state index in [4.69, 9.17) is 0 Å². The molecule has 23 heavy (non-hydrogen) atoms. The van der Waals surface area contributed by atoms with E-state index >= 15 is 0 Å². The zero-order chi connectivity index (χ0) is 17.0. The van der Waals surface area contributed by atoms with Crippen LogP contribution in [0.4, 0.5) is 10.1 Å². The molecule has 1 aliphatic heterocycles. The van der Waals surface area contributed by atoms with Gasteiger partial charge in [0.2, 0.25) is 11.8 Å². The van der Waals surface area contributed by atoms with Gasteiger partial charge in [-0.15, -0.1) is 0 Å². The van der Waals surface area contributed by atoms with E-state index in [0.717, 1.165) is 6.07 Å². The van der Waals surface area contributed by atoms with Gasteiger partial charge in [-0.05, 0) is 31.5 Å². The fourth-order valence-corrected chi connectivity index (χ4v) is 4.40. The standard InChI is InChI=1S/C15H19FN2O4S/c1-2-18(13-6-7-23(21,22)10-13)15(20)9-14(19)17-12-5-3-4-11(16)8-12/h3-5,8,13H,2,6-7,9-10H2,1H3,(H,17,19). The molecule has 1 aromatic rings. The van der Waals surface area contributed by atoms with Crippen molar-refractivity contribution in [2.24, 2.45) is 0 Å². The zero-order valence-corrected chi connectivity index (χ0v) is 13.6. The van der Waals surface area contributed by atoms with Gasteiger partial charge in [-0.3, -0.25) is 9.59 Å². The number of amides is 2. The molecule has 0 saturated carbocycles. The molecule has 6 nitrogen and oxygen atoms in total. The molecular weight excluding hydrogens is 323 g/mol. The van der Waals surface area contributed by atoms with Crippen molar-refractivity contribution in [2.45, 2.75) is 25.8 Å². The summed E-state index contributed by atoms with van der Waals surface area (Å²) in [7, 11) is -3.10. The van der Waals surface area contributed by atoms with Gasteiger partial charge in [-0.2, -0.15) is 0 Å². The molecular formula is C15H19FN2O4S. The Labute approximate surface area is 134 Å². The largest absolute Gasteiger partial charge is 0.338 e. The van der Waals surface area contributed by atoms with Crippen molar-refractivity contribution >= 4 is 27.3 Å². The number of rotatable bonds is 5. The Kier molecular flexibility index (Phi) is 5.35. The summed E-state index contributed by atoms with van der Waals surface area (Å²) in [5.74, 6) is -1.46. The van der Waals surface area contributed by atoms with Crippen LogP contribution in [0.5, 0.6) is 0 Å². The van der Waals surface area contributed by atoms with Crippen LogP contribution in [0.2, 0.25) is 0 Å². The summed E-state index contributed by atoms with van der Waals surface area (Å²) in [6, 6.07) is 5.00. The number of nitrogens with zero attached hydrogens (tertiary/aromatic N) is 1. The summed E-state index contributed by atoms with van der Waals surface area (Å²) < 4.78 is 36.1. The van der Waals surface area contributed by atoms with Crippen LogP contribution in [0.3, 0.4) is 0 Å². The summed E-state index contributed by atoms with van der Waals surface area (Å²) in [4.78, 5) is 25.6. The number of benzene rings is 1. The van der Waals surface area contributed by atoms with Gasteiger partial charge in [0.05, 0.1) is 11.5 Å². The highest BCUT2D eigenvalue weighted by Gasteiger charge is 2.34. The summed E-state index contributed by atoms with van der Waals surface area (Å²) in [6.07, 6.45) is -0.00563. The number of halogens is 1. The zero-order valence-electron chi connectivity index (χ0n) is 12.8. The summed E-state index contributed by atoms with van der Waals surface area (Å²) >= 11 is 0. The lowest BCUT2D eigenvalue weighted by molar-refractivity contribution is -0.135. The Bertz CT molecular complexity index is 705. The van der Waals surface area contributed by atoms with Gasteiger partial charge >= 0.3 is 0 Å². The smallest absolute Gasteiger partial charge is 0.233 e. The van der Waals surface area contributed by atoms with Gasteiger partial charge in [-0.25, -0.2) is 12.8 Å². The predicted molar refractivity (Wildman–Crippen MR) is 84.1 cm³/mol. The van der Waals surface area contributed by atoms with E-state index < -0.39 is 33.9 Å². The van der Waals surface area contributed by atoms with Crippen LogP contribution in [-0.2, 0) is 19.4 Å². The Morgan fingerprint density at radius 1 is 1.39 bits per heavy atom. The summed E-state index contributed by atoms with van der Waals surface area (Å²) in [5, 5.41) is 2.45. The number of sulfone groups is 1. The van der Waals surface area contributed by atoms with E-state index in [1.54, 1.807) is 6.92 Å². The molecule has 1 aromatic carbocycles. The molecule has 1 aliphatic rings. The maximum absolute atomic E-state index is 13.1. The monoisotopic (exact) mass is 342 g/mol. The summed E-state index contributed by atoms with van der Waals surface area (Å²) in [6.45, 7) is 2.08. The normalized spacial score (nSPS) is 19.3. The third-order valence-electron chi connectivity index (χ3n) is 3.73. The van der Waals surface area contributed by atoms with E-state index in [1.807, 2.05) is 0 Å². The lowest BCUT2D eigenvalue weighted by Gasteiger charge is -2.26. The highest BCUT2D eigenvalue weighted by Crippen LogP contribution is 2.18. The fourth-order valence-electron chi connectivity index (χ4n) is 2.67. The number of hydrogen-bond acceptors (Lipinski definition) is 4. The van der Waals surface area contributed by atoms with Crippen molar-refractivity contribution in [3.8, 4) is 0 Å². The molecule has 126 valence electrons. The van der Waals surface area contributed by atoms with Crippen LogP contribution in [0.25, 0.3) is 0 Å². The van der Waals surface area contributed by atoms with Crippen molar-refractivity contribution in [3.63, 3.8) is 0 Å². The van der Waals surface area contributed by atoms with Crippen molar-refractivity contribution in [2.75, 3.05) is 23.4 Å². The van der Waals surface area contributed by atoms with E-state index in [-0.39, 0.29) is 23.2 Å². The summed E-state index contributed by atoms with van der Waals surface area (Å²) in [5.41, 5.74) is 0.272. The minimum absolute atomic E-state index is 0.0574. The van der Waals surface area contributed by atoms with Crippen molar-refractivity contribution in [1.82, 2.24) is 4.90 Å². The molecule has 0 bridgehead atoms. The molecule has 0 aliphatic carbocycles. The van der Waals surface area contributed by atoms with Crippen LogP contribution in [0.1, 0.15) is 19.8 Å². The molecule has 0 aromatic heterocycles. The second kappa shape index (κ2) is 7.08. The average Bonchev–Trinajstić information content (AvgIpc) is 2.79. The van der Waals surface area contributed by atoms with Gasteiger partial charge in [0.1, 0.15) is 12.2 Å². The molecule has 1 N–H and O–H groups in total. The first-order chi connectivity index (χ1) is 10.8. The molecule has 2 amide bonds. The minimum atomic E-state index is -3.10. The maximum Gasteiger partial charge on any atom is 0.233 e. The highest BCUT2D eigenvalue weighted by atomic mass is 32.2. The number of nitrogens with one attached hydrogen (secondary N) is 1. The average molecular weight is 342 g/mol. The second-order valence-corrected chi connectivity index (χ2v) is 7.70. The topological polar surface area (TPSA) is 83.6 Å². The van der Waals surface area contributed by atoms with Gasteiger partial charge in [0.15, 0.2) is 9.84 Å². The van der Waals surface area contributed by atoms with E-state index in [0.29, 0.717) is 13.0 Å². The van der Waals surface area contributed by atoms with Crippen molar-refractivity contribution in [1.29, 1.82) is 0 Å².